The topological polar surface area (TPSA) is 99.6 Å². The highest BCUT2D eigenvalue weighted by molar-refractivity contribution is 5.79. The predicted molar refractivity (Wildman–Crippen MR) is 81.3 cm³/mol. The van der Waals surface area contributed by atoms with Crippen molar-refractivity contribution in [2.45, 2.75) is 44.4 Å². The third-order valence-electron chi connectivity index (χ3n) is 3.97. The number of aromatic nitrogens is 2. The molecule has 0 aromatic carbocycles. The second-order valence-electron chi connectivity index (χ2n) is 5.73. The van der Waals surface area contributed by atoms with Crippen molar-refractivity contribution in [3.05, 3.63) is 33.1 Å². The van der Waals surface area contributed by atoms with E-state index in [1.54, 1.807) is 6.92 Å². The Morgan fingerprint density at radius 3 is 2.91 bits per heavy atom. The van der Waals surface area contributed by atoms with E-state index >= 15 is 0 Å². The minimum absolute atomic E-state index is 0.0897. The van der Waals surface area contributed by atoms with Crippen molar-refractivity contribution in [3.63, 3.8) is 0 Å². The maximum absolute atomic E-state index is 12.1. The van der Waals surface area contributed by atoms with Crippen molar-refractivity contribution in [2.24, 2.45) is 0 Å². The molecule has 1 N–H and O–H groups in total. The van der Waals surface area contributed by atoms with E-state index in [2.05, 4.69) is 4.98 Å². The largest absolute Gasteiger partial charge is 0.461 e. The Kier molecular flexibility index (Phi) is 5.73. The summed E-state index contributed by atoms with van der Waals surface area (Å²) in [5, 5.41) is 0. The minimum atomic E-state index is -0.867. The van der Waals surface area contributed by atoms with Crippen molar-refractivity contribution in [2.75, 3.05) is 20.3 Å². The average molecular weight is 326 g/mol. The predicted octanol–water partition coefficient (Wildman–Crippen LogP) is 0.0540. The summed E-state index contributed by atoms with van der Waals surface area (Å²) in [5.74, 6) is -0.391. The normalized spacial score (nSPS) is 22.0. The van der Waals surface area contributed by atoms with Gasteiger partial charge in [-0.3, -0.25) is 9.78 Å². The molecule has 1 fully saturated rings. The van der Waals surface area contributed by atoms with Gasteiger partial charge in [0, 0.05) is 32.5 Å². The van der Waals surface area contributed by atoms with Crippen molar-refractivity contribution >= 4 is 5.97 Å². The summed E-state index contributed by atoms with van der Waals surface area (Å²) in [4.78, 5) is 36.8. The van der Waals surface area contributed by atoms with Crippen molar-refractivity contribution in [1.82, 2.24) is 9.55 Å². The van der Waals surface area contributed by atoms with Gasteiger partial charge in [-0.15, -0.1) is 0 Å². The van der Waals surface area contributed by atoms with E-state index in [4.69, 9.17) is 14.2 Å². The molecule has 1 aromatic rings. The van der Waals surface area contributed by atoms with Gasteiger partial charge in [-0.25, -0.2) is 9.59 Å². The molecule has 2 atom stereocenters. The van der Waals surface area contributed by atoms with Gasteiger partial charge in [0.25, 0.3) is 5.56 Å². The van der Waals surface area contributed by atoms with Crippen LogP contribution in [0.3, 0.4) is 0 Å². The summed E-state index contributed by atoms with van der Waals surface area (Å²) >= 11 is 0. The first-order valence-corrected chi connectivity index (χ1v) is 7.58. The molecule has 8 nitrogen and oxygen atoms in total. The maximum atomic E-state index is 12.1. The molecule has 0 radical (unpaired) electrons. The van der Waals surface area contributed by atoms with Crippen LogP contribution in [0.25, 0.3) is 0 Å². The zero-order valence-electron chi connectivity index (χ0n) is 13.4. The number of esters is 1. The molecule has 1 aromatic heterocycles. The molecule has 0 amide bonds. The van der Waals surface area contributed by atoms with Crippen LogP contribution < -0.4 is 11.2 Å². The summed E-state index contributed by atoms with van der Waals surface area (Å²) in [5.41, 5.74) is -1.78. The molecule has 1 aliphatic heterocycles. The highest BCUT2D eigenvalue weighted by Gasteiger charge is 2.39. The van der Waals surface area contributed by atoms with Crippen LogP contribution in [0.15, 0.2) is 21.9 Å². The van der Waals surface area contributed by atoms with E-state index in [0.717, 1.165) is 6.42 Å². The quantitative estimate of drug-likeness (QED) is 0.711. The Labute approximate surface area is 133 Å². The highest BCUT2D eigenvalue weighted by Crippen LogP contribution is 2.26. The number of hydrogen-bond donors (Lipinski definition) is 1. The van der Waals surface area contributed by atoms with Gasteiger partial charge in [-0.1, -0.05) is 0 Å². The molecule has 0 saturated carbocycles. The molecular formula is C15H22N2O6. The van der Waals surface area contributed by atoms with Crippen LogP contribution in [0.1, 0.15) is 26.2 Å². The molecule has 2 rings (SSSR count). The van der Waals surface area contributed by atoms with Crippen LogP contribution >= 0.6 is 0 Å². The molecule has 23 heavy (non-hydrogen) atoms. The van der Waals surface area contributed by atoms with E-state index < -0.39 is 22.8 Å². The monoisotopic (exact) mass is 326 g/mol. The van der Waals surface area contributed by atoms with Crippen molar-refractivity contribution < 1.29 is 19.0 Å². The first kappa shape index (κ1) is 17.4. The first-order valence-electron chi connectivity index (χ1n) is 7.58. The van der Waals surface area contributed by atoms with Gasteiger partial charge < -0.3 is 18.8 Å². The summed E-state index contributed by atoms with van der Waals surface area (Å²) < 4.78 is 17.4. The molecule has 2 unspecified atom stereocenters. The van der Waals surface area contributed by atoms with E-state index in [1.165, 1.54) is 23.9 Å². The number of rotatable bonds is 7. The summed E-state index contributed by atoms with van der Waals surface area (Å²) in [6, 6.07) is 1.28. The van der Waals surface area contributed by atoms with Crippen LogP contribution in [0.2, 0.25) is 0 Å². The van der Waals surface area contributed by atoms with Crippen LogP contribution in [0, 0.1) is 0 Å². The lowest BCUT2D eigenvalue weighted by Crippen LogP contribution is -2.38. The number of aromatic amines is 1. The second kappa shape index (κ2) is 7.56. The van der Waals surface area contributed by atoms with Gasteiger partial charge in [-0.2, -0.15) is 0 Å². The Hall–Kier alpha value is -1.93. The molecule has 1 saturated heterocycles. The lowest BCUT2D eigenvalue weighted by molar-refractivity contribution is -0.168. The fourth-order valence-electron chi connectivity index (χ4n) is 2.43. The minimum Gasteiger partial charge on any atom is -0.461 e. The third-order valence-corrected chi connectivity index (χ3v) is 3.97. The van der Waals surface area contributed by atoms with Crippen molar-refractivity contribution in [3.8, 4) is 0 Å². The standard InChI is InChI=1S/C15H22N2O6/c1-15(6-3-9-23-15)13(19)22-10-11(21-2)4-7-17-8-5-12(18)16-14(17)20/h5,8,11H,3-4,6-7,9-10H2,1-2H3,(H,16,18,20). The van der Waals surface area contributed by atoms with Crippen molar-refractivity contribution in [1.29, 1.82) is 0 Å². The number of aryl methyl sites for hydroxylation is 1. The Bertz CT molecular complexity index is 644. The van der Waals surface area contributed by atoms with Gasteiger partial charge in [0.05, 0.1) is 6.10 Å². The Morgan fingerprint density at radius 2 is 2.30 bits per heavy atom. The number of nitrogens with zero attached hydrogens (tertiary/aromatic N) is 1. The molecule has 0 bridgehead atoms. The van der Waals surface area contributed by atoms with E-state index in [1.807, 2.05) is 0 Å². The van der Waals surface area contributed by atoms with Gasteiger partial charge in [-0.05, 0) is 26.2 Å². The molecule has 2 heterocycles. The van der Waals surface area contributed by atoms with Gasteiger partial charge in [0.15, 0.2) is 5.60 Å². The second-order valence-corrected chi connectivity index (χ2v) is 5.73. The molecule has 1 aliphatic rings. The fourth-order valence-corrected chi connectivity index (χ4v) is 2.43. The zero-order valence-corrected chi connectivity index (χ0v) is 13.4. The zero-order chi connectivity index (χ0) is 16.9. The van der Waals surface area contributed by atoms with Crippen LogP contribution in [0.5, 0.6) is 0 Å². The van der Waals surface area contributed by atoms with Gasteiger partial charge >= 0.3 is 11.7 Å². The SMILES string of the molecule is COC(CCn1ccc(=O)[nH]c1=O)COC(=O)C1(C)CCCO1. The number of hydrogen-bond acceptors (Lipinski definition) is 6. The van der Waals surface area contributed by atoms with Crippen LogP contribution in [-0.2, 0) is 25.5 Å². The van der Waals surface area contributed by atoms with Gasteiger partial charge in [0.2, 0.25) is 0 Å². The van der Waals surface area contributed by atoms with E-state index in [-0.39, 0.29) is 12.7 Å². The molecule has 0 aliphatic carbocycles. The number of carbonyl (C=O) groups is 1. The summed E-state index contributed by atoms with van der Waals surface area (Å²) in [6.45, 7) is 2.73. The van der Waals surface area contributed by atoms with Crippen LogP contribution in [-0.4, -0.2) is 47.5 Å². The summed E-state index contributed by atoms with van der Waals surface area (Å²) in [7, 11) is 1.52. The Balaban J connectivity index is 1.84. The first-order chi connectivity index (χ1) is 10.9. The highest BCUT2D eigenvalue weighted by atomic mass is 16.6. The number of H-pyrrole nitrogens is 1. The van der Waals surface area contributed by atoms with Gasteiger partial charge in [0.1, 0.15) is 6.61 Å². The maximum Gasteiger partial charge on any atom is 0.338 e. The third kappa shape index (κ3) is 4.52. The molecular weight excluding hydrogens is 304 g/mol. The van der Waals surface area contributed by atoms with E-state index in [0.29, 0.717) is 26.0 Å². The Morgan fingerprint density at radius 1 is 1.52 bits per heavy atom. The molecule has 128 valence electrons. The van der Waals surface area contributed by atoms with Crippen LogP contribution in [0.4, 0.5) is 0 Å². The average Bonchev–Trinajstić information content (AvgIpc) is 2.97. The number of ether oxygens (including phenoxy) is 3. The number of nitrogens with one attached hydrogen (secondary N) is 1. The number of carbonyl (C=O) groups excluding carboxylic acids is 1. The number of methoxy groups -OCH3 is 1. The lowest BCUT2D eigenvalue weighted by atomic mass is 10.0. The molecule has 0 spiro atoms. The summed E-state index contributed by atoms with van der Waals surface area (Å²) in [6.07, 6.45) is 3.04. The fraction of sp³-hybridized carbons (Fsp3) is 0.667. The smallest absolute Gasteiger partial charge is 0.338 e. The van der Waals surface area contributed by atoms with E-state index in [9.17, 15) is 14.4 Å². The molecule has 8 heteroatoms. The lowest BCUT2D eigenvalue weighted by Gasteiger charge is -2.23.